The molecule has 1 aromatic carbocycles. The molecule has 0 radical (unpaired) electrons. The molecule has 7 heteroatoms. The normalized spacial score (nSPS) is 17.6. The fraction of sp³-hybridized carbons (Fsp3) is 0.333. The number of benzene rings is 1. The van der Waals surface area contributed by atoms with Crippen LogP contribution in [0, 0.1) is 6.92 Å². The Bertz CT molecular complexity index is 869. The van der Waals surface area contributed by atoms with Crippen LogP contribution in [-0.2, 0) is 0 Å². The van der Waals surface area contributed by atoms with Gasteiger partial charge < -0.3 is 9.47 Å². The Morgan fingerprint density at radius 1 is 1.32 bits per heavy atom. The number of likely N-dealkylation sites (tertiary alicyclic amines) is 1. The SMILES string of the molecule is Cc1cccc(-n2ncc(C(=O)N3CCC[C@@H](n4ccnc4)C3)n2)c1. The van der Waals surface area contributed by atoms with Crippen molar-refractivity contribution < 1.29 is 4.79 Å². The lowest BCUT2D eigenvalue weighted by atomic mass is 10.1. The van der Waals surface area contributed by atoms with E-state index in [1.54, 1.807) is 12.4 Å². The molecule has 7 nitrogen and oxygen atoms in total. The summed E-state index contributed by atoms with van der Waals surface area (Å²) in [6.45, 7) is 3.44. The summed E-state index contributed by atoms with van der Waals surface area (Å²) in [6, 6.07) is 8.16. The summed E-state index contributed by atoms with van der Waals surface area (Å²) >= 11 is 0. The number of aromatic nitrogens is 5. The number of rotatable bonds is 3. The topological polar surface area (TPSA) is 68.8 Å². The molecule has 0 bridgehead atoms. The Kier molecular flexibility index (Phi) is 4.05. The largest absolute Gasteiger partial charge is 0.335 e. The van der Waals surface area contributed by atoms with Crippen molar-refractivity contribution in [2.24, 2.45) is 0 Å². The molecule has 1 saturated heterocycles. The molecule has 1 atom stereocenters. The average Bonchev–Trinajstić information content (AvgIpc) is 3.33. The highest BCUT2D eigenvalue weighted by atomic mass is 16.2. The molecule has 1 aliphatic rings. The first-order valence-electron chi connectivity index (χ1n) is 8.47. The number of aryl methyl sites for hydroxylation is 1. The third-order valence-corrected chi connectivity index (χ3v) is 4.57. The second-order valence-electron chi connectivity index (χ2n) is 6.42. The summed E-state index contributed by atoms with van der Waals surface area (Å²) in [7, 11) is 0. The predicted octanol–water partition coefficient (Wildman–Crippen LogP) is 2.25. The van der Waals surface area contributed by atoms with Crippen LogP contribution in [0.15, 0.2) is 49.2 Å². The van der Waals surface area contributed by atoms with Crippen LogP contribution in [-0.4, -0.2) is 48.4 Å². The van der Waals surface area contributed by atoms with Crippen molar-refractivity contribution in [3.63, 3.8) is 0 Å². The smallest absolute Gasteiger partial charge is 0.276 e. The highest BCUT2D eigenvalue weighted by Crippen LogP contribution is 2.22. The van der Waals surface area contributed by atoms with Crippen molar-refractivity contribution in [3.05, 3.63) is 60.4 Å². The fourth-order valence-electron chi connectivity index (χ4n) is 3.27. The zero-order chi connectivity index (χ0) is 17.2. The van der Waals surface area contributed by atoms with Gasteiger partial charge in [-0.25, -0.2) is 4.98 Å². The Hall–Kier alpha value is -2.96. The summed E-state index contributed by atoms with van der Waals surface area (Å²) in [6.07, 6.45) is 9.11. The van der Waals surface area contributed by atoms with Gasteiger partial charge in [-0.05, 0) is 37.5 Å². The van der Waals surface area contributed by atoms with Gasteiger partial charge in [0.2, 0.25) is 0 Å². The fourth-order valence-corrected chi connectivity index (χ4v) is 3.27. The van der Waals surface area contributed by atoms with Gasteiger partial charge >= 0.3 is 0 Å². The van der Waals surface area contributed by atoms with Crippen LogP contribution in [0.1, 0.15) is 34.9 Å². The van der Waals surface area contributed by atoms with Gasteiger partial charge in [0.1, 0.15) is 0 Å². The minimum atomic E-state index is -0.0660. The highest BCUT2D eigenvalue weighted by Gasteiger charge is 2.26. The molecule has 2 aromatic heterocycles. The minimum absolute atomic E-state index is 0.0660. The van der Waals surface area contributed by atoms with Crippen LogP contribution >= 0.6 is 0 Å². The van der Waals surface area contributed by atoms with Crippen LogP contribution < -0.4 is 0 Å². The summed E-state index contributed by atoms with van der Waals surface area (Å²) in [5.41, 5.74) is 2.36. The van der Waals surface area contributed by atoms with Crippen molar-refractivity contribution in [1.29, 1.82) is 0 Å². The minimum Gasteiger partial charge on any atom is -0.335 e. The van der Waals surface area contributed by atoms with E-state index in [4.69, 9.17) is 0 Å². The number of imidazole rings is 1. The van der Waals surface area contributed by atoms with Gasteiger partial charge in [0, 0.05) is 25.5 Å². The standard InChI is InChI=1S/C18H20N6O/c1-14-4-2-5-15(10-14)24-20-11-17(21-24)18(25)22-8-3-6-16(12-22)23-9-7-19-13-23/h2,4-5,7,9-11,13,16H,3,6,8,12H2,1H3/t16-/m1/s1. The van der Waals surface area contributed by atoms with Crippen LogP contribution in [0.2, 0.25) is 0 Å². The van der Waals surface area contributed by atoms with E-state index in [-0.39, 0.29) is 11.9 Å². The van der Waals surface area contributed by atoms with E-state index in [0.29, 0.717) is 12.2 Å². The van der Waals surface area contributed by atoms with Gasteiger partial charge in [-0.3, -0.25) is 4.79 Å². The zero-order valence-electron chi connectivity index (χ0n) is 14.1. The first kappa shape index (κ1) is 15.6. The van der Waals surface area contributed by atoms with E-state index in [1.807, 2.05) is 48.6 Å². The Morgan fingerprint density at radius 3 is 3.04 bits per heavy atom. The van der Waals surface area contributed by atoms with E-state index >= 15 is 0 Å². The summed E-state index contributed by atoms with van der Waals surface area (Å²) in [4.78, 5) is 20.3. The third kappa shape index (κ3) is 3.17. The van der Waals surface area contributed by atoms with Crippen LogP contribution in [0.3, 0.4) is 0 Å². The number of amides is 1. The lowest BCUT2D eigenvalue weighted by Gasteiger charge is -2.32. The number of hydrogen-bond donors (Lipinski definition) is 0. The van der Waals surface area contributed by atoms with E-state index in [1.165, 1.54) is 4.80 Å². The molecule has 0 saturated carbocycles. The summed E-state index contributed by atoms with van der Waals surface area (Å²) in [5.74, 6) is -0.0660. The average molecular weight is 336 g/mol. The first-order valence-corrected chi connectivity index (χ1v) is 8.47. The van der Waals surface area contributed by atoms with Crippen molar-refractivity contribution in [1.82, 2.24) is 29.4 Å². The van der Waals surface area contributed by atoms with Gasteiger partial charge in [0.15, 0.2) is 5.69 Å². The molecule has 3 heterocycles. The zero-order valence-corrected chi connectivity index (χ0v) is 14.1. The van der Waals surface area contributed by atoms with E-state index in [0.717, 1.165) is 30.6 Å². The molecule has 3 aromatic rings. The Labute approximate surface area is 145 Å². The molecule has 0 N–H and O–H groups in total. The van der Waals surface area contributed by atoms with Crippen LogP contribution in [0.4, 0.5) is 0 Å². The number of nitrogens with zero attached hydrogens (tertiary/aromatic N) is 6. The Morgan fingerprint density at radius 2 is 2.24 bits per heavy atom. The summed E-state index contributed by atoms with van der Waals surface area (Å²) in [5, 5.41) is 8.63. The number of carbonyl (C=O) groups excluding carboxylic acids is 1. The number of carbonyl (C=O) groups is 1. The lowest BCUT2D eigenvalue weighted by molar-refractivity contribution is 0.0673. The molecule has 25 heavy (non-hydrogen) atoms. The van der Waals surface area contributed by atoms with E-state index < -0.39 is 0 Å². The van der Waals surface area contributed by atoms with Crippen LogP contribution in [0.25, 0.3) is 5.69 Å². The molecule has 128 valence electrons. The quantitative estimate of drug-likeness (QED) is 0.736. The molecule has 0 spiro atoms. The second-order valence-corrected chi connectivity index (χ2v) is 6.42. The van der Waals surface area contributed by atoms with Gasteiger partial charge in [0.05, 0.1) is 24.3 Å². The van der Waals surface area contributed by atoms with Gasteiger partial charge in [-0.1, -0.05) is 12.1 Å². The molecule has 0 unspecified atom stereocenters. The Balaban J connectivity index is 1.51. The van der Waals surface area contributed by atoms with Gasteiger partial charge in [0.25, 0.3) is 5.91 Å². The van der Waals surface area contributed by atoms with Gasteiger partial charge in [-0.2, -0.15) is 9.90 Å². The highest BCUT2D eigenvalue weighted by molar-refractivity contribution is 5.92. The third-order valence-electron chi connectivity index (χ3n) is 4.57. The maximum atomic E-state index is 12.8. The molecular formula is C18H20N6O. The molecule has 1 aliphatic heterocycles. The van der Waals surface area contributed by atoms with Crippen LogP contribution in [0.5, 0.6) is 0 Å². The van der Waals surface area contributed by atoms with Crippen molar-refractivity contribution >= 4 is 5.91 Å². The molecule has 1 fully saturated rings. The summed E-state index contributed by atoms with van der Waals surface area (Å²) < 4.78 is 2.07. The predicted molar refractivity (Wildman–Crippen MR) is 92.5 cm³/mol. The van der Waals surface area contributed by atoms with E-state index in [9.17, 15) is 4.79 Å². The maximum Gasteiger partial charge on any atom is 0.276 e. The first-order chi connectivity index (χ1) is 12.2. The molecule has 1 amide bonds. The molecular weight excluding hydrogens is 316 g/mol. The van der Waals surface area contributed by atoms with Gasteiger partial charge in [-0.15, -0.1) is 5.10 Å². The second kappa shape index (κ2) is 6.51. The van der Waals surface area contributed by atoms with Crippen molar-refractivity contribution in [3.8, 4) is 5.69 Å². The molecule has 0 aliphatic carbocycles. The maximum absolute atomic E-state index is 12.8. The number of piperidine rings is 1. The monoisotopic (exact) mass is 336 g/mol. The van der Waals surface area contributed by atoms with E-state index in [2.05, 4.69) is 19.7 Å². The van der Waals surface area contributed by atoms with Crippen molar-refractivity contribution in [2.45, 2.75) is 25.8 Å². The lowest BCUT2D eigenvalue weighted by Crippen LogP contribution is -2.40. The molecule has 4 rings (SSSR count). The van der Waals surface area contributed by atoms with Crippen molar-refractivity contribution in [2.75, 3.05) is 13.1 Å². The number of hydrogen-bond acceptors (Lipinski definition) is 4.